The molecule has 0 rings (SSSR count). The number of thioether (sulfide) groups is 1. The summed E-state index contributed by atoms with van der Waals surface area (Å²) in [4.78, 5) is 32.8. The Morgan fingerprint density at radius 1 is 1.23 bits per heavy atom. The fourth-order valence-corrected chi connectivity index (χ4v) is 3.07. The Hall–Kier alpha value is -0.640. The molecule has 4 N–H and O–H groups in total. The first-order valence-corrected chi connectivity index (χ1v) is 11.0. The van der Waals surface area contributed by atoms with Crippen molar-refractivity contribution in [1.29, 1.82) is 0 Å². The van der Waals surface area contributed by atoms with Crippen LogP contribution in [0.3, 0.4) is 0 Å². The van der Waals surface area contributed by atoms with E-state index in [1.54, 1.807) is 11.8 Å². The highest BCUT2D eigenvalue weighted by Gasteiger charge is 2.36. The van der Waals surface area contributed by atoms with Crippen LogP contribution < -0.4 is 10.6 Å². The molecule has 11 heteroatoms. The summed E-state index contributed by atoms with van der Waals surface area (Å²) in [5.74, 6) is 1.03. The predicted molar refractivity (Wildman–Crippen MR) is 101 cm³/mol. The smallest absolute Gasteiger partial charge is 0.383 e. The Morgan fingerprint density at radius 2 is 1.88 bits per heavy atom. The van der Waals surface area contributed by atoms with Crippen molar-refractivity contribution < 1.29 is 33.2 Å². The van der Waals surface area contributed by atoms with E-state index in [9.17, 15) is 24.2 Å². The van der Waals surface area contributed by atoms with Crippen molar-refractivity contribution in [2.75, 3.05) is 38.3 Å². The number of carbonyl (C=O) groups is 2. The van der Waals surface area contributed by atoms with E-state index in [1.807, 2.05) is 0 Å². The molecule has 0 aliphatic carbocycles. The van der Waals surface area contributed by atoms with E-state index >= 15 is 0 Å². The lowest BCUT2D eigenvalue weighted by molar-refractivity contribution is -0.137. The zero-order valence-corrected chi connectivity index (χ0v) is 17.5. The van der Waals surface area contributed by atoms with E-state index in [1.165, 1.54) is 13.8 Å². The van der Waals surface area contributed by atoms with E-state index < -0.39 is 25.2 Å². The van der Waals surface area contributed by atoms with Gasteiger partial charge in [0.1, 0.15) is 6.10 Å². The summed E-state index contributed by atoms with van der Waals surface area (Å²) in [5, 5.41) is 15.3. The van der Waals surface area contributed by atoms with Gasteiger partial charge < -0.3 is 20.6 Å². The molecule has 0 radical (unpaired) electrons. The van der Waals surface area contributed by atoms with Crippen molar-refractivity contribution in [3.8, 4) is 0 Å². The normalized spacial score (nSPS) is 15.2. The number of phosphoric ester groups is 1. The minimum Gasteiger partial charge on any atom is -0.383 e. The number of phosphoric acid groups is 1. The number of hydrogen-bond donors (Lipinski definition) is 4. The largest absolute Gasteiger partial charge is 0.471 e. The summed E-state index contributed by atoms with van der Waals surface area (Å²) in [6.45, 7) is 5.40. The minimum atomic E-state index is -4.19. The van der Waals surface area contributed by atoms with Gasteiger partial charge in [0.2, 0.25) is 11.8 Å². The standard InChI is InChI=1S/C15H31N2O7PS/c1-5-9-26-10-8-16-12(18)6-7-17-14(20)13(19)15(2,3)11-24-25(21,22)23-4/h13,19H,5-11H2,1-4H3,(H,16,18)(H,17,20)(H,21,22). The lowest BCUT2D eigenvalue weighted by atomic mass is 9.87. The number of hydrogen-bond acceptors (Lipinski definition) is 7. The number of rotatable bonds is 14. The molecule has 0 saturated heterocycles. The van der Waals surface area contributed by atoms with Gasteiger partial charge in [0, 0.05) is 37.8 Å². The first-order valence-electron chi connectivity index (χ1n) is 8.39. The molecule has 0 aromatic rings. The first kappa shape index (κ1) is 25.4. The molecule has 0 spiro atoms. The third kappa shape index (κ3) is 11.2. The quantitative estimate of drug-likeness (QED) is 0.243. The van der Waals surface area contributed by atoms with Gasteiger partial charge in [0.25, 0.3) is 0 Å². The zero-order valence-electron chi connectivity index (χ0n) is 15.8. The van der Waals surface area contributed by atoms with Gasteiger partial charge in [-0.3, -0.25) is 18.6 Å². The minimum absolute atomic E-state index is 0.0807. The maximum atomic E-state index is 12.0. The lowest BCUT2D eigenvalue weighted by Crippen LogP contribution is -2.46. The van der Waals surface area contributed by atoms with E-state index in [0.29, 0.717) is 6.54 Å². The maximum Gasteiger partial charge on any atom is 0.471 e. The molecule has 154 valence electrons. The Balaban J connectivity index is 4.13. The fourth-order valence-electron chi connectivity index (χ4n) is 1.73. The molecule has 2 unspecified atom stereocenters. The summed E-state index contributed by atoms with van der Waals surface area (Å²) < 4.78 is 20.3. The molecule has 9 nitrogen and oxygen atoms in total. The summed E-state index contributed by atoms with van der Waals surface area (Å²) in [6, 6.07) is 0. The van der Waals surface area contributed by atoms with Crippen LogP contribution in [0.2, 0.25) is 0 Å². The van der Waals surface area contributed by atoms with E-state index in [4.69, 9.17) is 4.52 Å². The highest BCUT2D eigenvalue weighted by atomic mass is 32.2. The Labute approximate surface area is 159 Å². The number of carbonyl (C=O) groups excluding carboxylic acids is 2. The number of aliphatic hydroxyl groups is 1. The molecule has 0 aliphatic heterocycles. The molecule has 0 fully saturated rings. The average Bonchev–Trinajstić information content (AvgIpc) is 2.59. The average molecular weight is 414 g/mol. The SMILES string of the molecule is CCCSCCNC(=O)CCNC(=O)C(O)C(C)(C)COP(=O)(O)OC. The summed E-state index contributed by atoms with van der Waals surface area (Å²) in [6.07, 6.45) is -0.285. The van der Waals surface area contributed by atoms with Crippen LogP contribution >= 0.6 is 19.6 Å². The number of aliphatic hydroxyl groups excluding tert-OH is 1. The van der Waals surface area contributed by atoms with Crippen LogP contribution in [0.1, 0.15) is 33.6 Å². The molecule has 2 atom stereocenters. The Bertz CT molecular complexity index is 491. The molecule has 2 amide bonds. The molecular weight excluding hydrogens is 383 g/mol. The van der Waals surface area contributed by atoms with E-state index in [2.05, 4.69) is 22.1 Å². The van der Waals surface area contributed by atoms with Crippen molar-refractivity contribution in [3.63, 3.8) is 0 Å². The van der Waals surface area contributed by atoms with E-state index in [0.717, 1.165) is 25.0 Å². The van der Waals surface area contributed by atoms with Crippen LogP contribution in [-0.2, 0) is 23.2 Å². The second-order valence-corrected chi connectivity index (χ2v) is 9.10. The fraction of sp³-hybridized carbons (Fsp3) is 0.867. The van der Waals surface area contributed by atoms with Crippen molar-refractivity contribution in [1.82, 2.24) is 10.6 Å². The molecule has 0 saturated carbocycles. The first-order chi connectivity index (χ1) is 12.1. The van der Waals surface area contributed by atoms with Gasteiger partial charge in [-0.25, -0.2) is 4.57 Å². The van der Waals surface area contributed by atoms with Crippen LogP contribution in [0, 0.1) is 5.41 Å². The van der Waals surface area contributed by atoms with Gasteiger partial charge >= 0.3 is 7.82 Å². The van der Waals surface area contributed by atoms with Crippen LogP contribution in [0.15, 0.2) is 0 Å². The maximum absolute atomic E-state index is 12.0. The Kier molecular flexibility index (Phi) is 12.4. The van der Waals surface area contributed by atoms with E-state index in [-0.39, 0.29) is 25.5 Å². The summed E-state index contributed by atoms with van der Waals surface area (Å²) in [7, 11) is -3.17. The van der Waals surface area contributed by atoms with Crippen LogP contribution in [0.25, 0.3) is 0 Å². The molecule has 0 bridgehead atoms. The highest BCUT2D eigenvalue weighted by molar-refractivity contribution is 7.99. The summed E-state index contributed by atoms with van der Waals surface area (Å²) >= 11 is 1.76. The van der Waals surface area contributed by atoms with Gasteiger partial charge in [0.05, 0.1) is 6.61 Å². The molecule has 0 aliphatic rings. The highest BCUT2D eigenvalue weighted by Crippen LogP contribution is 2.43. The Morgan fingerprint density at radius 3 is 2.46 bits per heavy atom. The topological polar surface area (TPSA) is 134 Å². The lowest BCUT2D eigenvalue weighted by Gasteiger charge is -2.29. The van der Waals surface area contributed by atoms with Gasteiger partial charge in [-0.1, -0.05) is 20.8 Å². The predicted octanol–water partition coefficient (Wildman–Crippen LogP) is 0.903. The number of amides is 2. The van der Waals surface area contributed by atoms with Crippen molar-refractivity contribution in [2.24, 2.45) is 5.41 Å². The number of nitrogens with one attached hydrogen (secondary N) is 2. The van der Waals surface area contributed by atoms with Crippen molar-refractivity contribution in [3.05, 3.63) is 0 Å². The zero-order chi connectivity index (χ0) is 20.2. The third-order valence-corrected chi connectivity index (χ3v) is 5.49. The molecule has 26 heavy (non-hydrogen) atoms. The molecule has 0 aromatic heterocycles. The van der Waals surface area contributed by atoms with Crippen LogP contribution in [0.5, 0.6) is 0 Å². The molecule has 0 heterocycles. The second kappa shape index (κ2) is 12.7. The van der Waals surface area contributed by atoms with Crippen LogP contribution in [-0.4, -0.2) is 66.2 Å². The van der Waals surface area contributed by atoms with Gasteiger partial charge in [-0.15, -0.1) is 0 Å². The second-order valence-electron chi connectivity index (χ2n) is 6.32. The molecule has 0 aromatic carbocycles. The van der Waals surface area contributed by atoms with Gasteiger partial charge in [-0.2, -0.15) is 11.8 Å². The van der Waals surface area contributed by atoms with Crippen molar-refractivity contribution in [2.45, 2.75) is 39.7 Å². The van der Waals surface area contributed by atoms with Gasteiger partial charge in [-0.05, 0) is 12.2 Å². The third-order valence-electron chi connectivity index (χ3n) is 3.39. The van der Waals surface area contributed by atoms with Gasteiger partial charge in [0.15, 0.2) is 0 Å². The summed E-state index contributed by atoms with van der Waals surface area (Å²) in [5.41, 5.74) is -1.13. The monoisotopic (exact) mass is 414 g/mol. The van der Waals surface area contributed by atoms with Crippen molar-refractivity contribution >= 4 is 31.4 Å². The van der Waals surface area contributed by atoms with Crippen LogP contribution in [0.4, 0.5) is 0 Å². The molecular formula is C15H31N2O7PS.